The molecule has 0 atom stereocenters. The molecule has 6 amide bonds. The Morgan fingerprint density at radius 2 is 1.71 bits per heavy atom. The molecule has 114 valence electrons. The molecule has 2 N–H and O–H groups in total. The van der Waals surface area contributed by atoms with E-state index in [1.807, 2.05) is 0 Å². The van der Waals surface area contributed by atoms with Crippen molar-refractivity contribution in [2.45, 2.75) is 25.8 Å². The van der Waals surface area contributed by atoms with E-state index in [-0.39, 0.29) is 26.1 Å². The van der Waals surface area contributed by atoms with Gasteiger partial charge in [0.05, 0.1) is 0 Å². The van der Waals surface area contributed by atoms with E-state index in [2.05, 4.69) is 10.6 Å². The lowest BCUT2D eigenvalue weighted by Crippen LogP contribution is -2.53. The average Bonchev–Trinajstić information content (AvgIpc) is 2.55. The highest BCUT2D eigenvalue weighted by Gasteiger charge is 2.44. The zero-order valence-electron chi connectivity index (χ0n) is 11.8. The van der Waals surface area contributed by atoms with Gasteiger partial charge in [0, 0.05) is 13.0 Å². The van der Waals surface area contributed by atoms with Crippen LogP contribution >= 0.6 is 0 Å². The summed E-state index contributed by atoms with van der Waals surface area (Å²) >= 11 is 0. The maximum Gasteiger partial charge on any atom is 0.325 e. The zero-order chi connectivity index (χ0) is 15.8. The SMILES string of the molecule is CC1(C)NC(=O)N(CCC(=O)N2CC(=O)NC(=O)C2)C1=O. The first-order chi connectivity index (χ1) is 9.70. The Morgan fingerprint density at radius 3 is 2.19 bits per heavy atom. The molecule has 0 aromatic rings. The lowest BCUT2D eigenvalue weighted by Gasteiger charge is -2.26. The van der Waals surface area contributed by atoms with Gasteiger partial charge in [-0.1, -0.05) is 0 Å². The van der Waals surface area contributed by atoms with Gasteiger partial charge in [-0.25, -0.2) is 4.79 Å². The summed E-state index contributed by atoms with van der Waals surface area (Å²) in [6.45, 7) is 2.66. The molecule has 2 aliphatic heterocycles. The summed E-state index contributed by atoms with van der Waals surface area (Å²) in [5.74, 6) is -1.96. The zero-order valence-corrected chi connectivity index (χ0v) is 11.8. The minimum absolute atomic E-state index is 0.0841. The third kappa shape index (κ3) is 3.01. The van der Waals surface area contributed by atoms with Gasteiger partial charge in [-0.3, -0.25) is 29.4 Å². The fraction of sp³-hybridized carbons (Fsp3) is 0.583. The Bertz CT molecular complexity index is 526. The highest BCUT2D eigenvalue weighted by atomic mass is 16.2. The van der Waals surface area contributed by atoms with Crippen LogP contribution in [0.25, 0.3) is 0 Å². The van der Waals surface area contributed by atoms with Crippen molar-refractivity contribution in [2.24, 2.45) is 0 Å². The third-order valence-corrected chi connectivity index (χ3v) is 3.29. The number of nitrogens with one attached hydrogen (secondary N) is 2. The summed E-state index contributed by atoms with van der Waals surface area (Å²) in [6.07, 6.45) is -0.129. The van der Waals surface area contributed by atoms with Crippen LogP contribution in [0.3, 0.4) is 0 Å². The normalized spacial score (nSPS) is 21.4. The van der Waals surface area contributed by atoms with Crippen molar-refractivity contribution >= 4 is 29.7 Å². The van der Waals surface area contributed by atoms with E-state index in [4.69, 9.17) is 0 Å². The van der Waals surface area contributed by atoms with Crippen molar-refractivity contribution in [3.05, 3.63) is 0 Å². The third-order valence-electron chi connectivity index (χ3n) is 3.29. The summed E-state index contributed by atoms with van der Waals surface area (Å²) in [7, 11) is 0. The predicted octanol–water partition coefficient (Wildman–Crippen LogP) is -1.81. The first-order valence-corrected chi connectivity index (χ1v) is 6.45. The second-order valence-corrected chi connectivity index (χ2v) is 5.48. The minimum Gasteiger partial charge on any atom is -0.324 e. The maximum absolute atomic E-state index is 11.9. The number of carbonyl (C=O) groups is 5. The molecule has 0 bridgehead atoms. The van der Waals surface area contributed by atoms with E-state index >= 15 is 0 Å². The second kappa shape index (κ2) is 5.15. The maximum atomic E-state index is 11.9. The molecule has 21 heavy (non-hydrogen) atoms. The van der Waals surface area contributed by atoms with E-state index in [0.29, 0.717) is 0 Å². The molecule has 0 aliphatic carbocycles. The molecule has 2 aliphatic rings. The topological polar surface area (TPSA) is 116 Å². The van der Waals surface area contributed by atoms with Gasteiger partial charge >= 0.3 is 6.03 Å². The van der Waals surface area contributed by atoms with Gasteiger partial charge in [-0.15, -0.1) is 0 Å². The van der Waals surface area contributed by atoms with Crippen molar-refractivity contribution in [2.75, 3.05) is 19.6 Å². The van der Waals surface area contributed by atoms with Gasteiger partial charge in [0.15, 0.2) is 0 Å². The number of nitrogens with zero attached hydrogens (tertiary/aromatic N) is 2. The van der Waals surface area contributed by atoms with Crippen molar-refractivity contribution in [3.8, 4) is 0 Å². The molecule has 2 fully saturated rings. The number of piperazine rings is 1. The van der Waals surface area contributed by atoms with Crippen LogP contribution in [0.4, 0.5) is 4.79 Å². The highest BCUT2D eigenvalue weighted by Crippen LogP contribution is 2.16. The smallest absolute Gasteiger partial charge is 0.324 e. The summed E-state index contributed by atoms with van der Waals surface area (Å²) in [6, 6.07) is -0.551. The minimum atomic E-state index is -0.985. The molecule has 0 spiro atoms. The lowest BCUT2D eigenvalue weighted by molar-refractivity contribution is -0.145. The quantitative estimate of drug-likeness (QED) is 0.470. The lowest BCUT2D eigenvalue weighted by atomic mass is 10.1. The molecule has 9 heteroatoms. The molecule has 2 rings (SSSR count). The van der Waals surface area contributed by atoms with Gasteiger partial charge in [-0.05, 0) is 13.8 Å². The van der Waals surface area contributed by atoms with Crippen LogP contribution in [0, 0.1) is 0 Å². The largest absolute Gasteiger partial charge is 0.325 e. The van der Waals surface area contributed by atoms with Crippen molar-refractivity contribution < 1.29 is 24.0 Å². The standard InChI is InChI=1S/C12H16N4O5/c1-12(2)10(20)16(11(21)14-12)4-3-9(19)15-5-7(17)13-8(18)6-15/h3-6H2,1-2H3,(H,14,21)(H,13,17,18). The number of carbonyl (C=O) groups excluding carboxylic acids is 5. The Balaban J connectivity index is 1.93. The summed E-state index contributed by atoms with van der Waals surface area (Å²) < 4.78 is 0. The summed E-state index contributed by atoms with van der Waals surface area (Å²) in [4.78, 5) is 59.9. The number of hydrogen-bond donors (Lipinski definition) is 2. The van der Waals surface area contributed by atoms with Gasteiger partial charge in [0.25, 0.3) is 5.91 Å². The summed E-state index contributed by atoms with van der Waals surface area (Å²) in [5.41, 5.74) is -0.985. The first kappa shape index (κ1) is 14.9. The second-order valence-electron chi connectivity index (χ2n) is 5.48. The van der Waals surface area contributed by atoms with Crippen molar-refractivity contribution in [1.82, 2.24) is 20.4 Å². The molecular formula is C12H16N4O5. The number of hydrogen-bond acceptors (Lipinski definition) is 5. The van der Waals surface area contributed by atoms with Gasteiger partial charge in [0.1, 0.15) is 18.6 Å². The van der Waals surface area contributed by atoms with Crippen molar-refractivity contribution in [1.29, 1.82) is 0 Å². The van der Waals surface area contributed by atoms with Gasteiger partial charge < -0.3 is 10.2 Å². The van der Waals surface area contributed by atoms with Gasteiger partial charge in [0.2, 0.25) is 17.7 Å². The fourth-order valence-electron chi connectivity index (χ4n) is 2.20. The molecular weight excluding hydrogens is 280 g/mol. The Hall–Kier alpha value is -2.45. The molecule has 2 saturated heterocycles. The molecule has 9 nitrogen and oxygen atoms in total. The first-order valence-electron chi connectivity index (χ1n) is 6.45. The Morgan fingerprint density at radius 1 is 1.14 bits per heavy atom. The Kier molecular flexibility index (Phi) is 3.67. The van der Waals surface area contributed by atoms with Crippen LogP contribution in [-0.4, -0.2) is 64.6 Å². The highest BCUT2D eigenvalue weighted by molar-refractivity contribution is 6.07. The number of urea groups is 1. The van der Waals surface area contributed by atoms with Crippen LogP contribution in [0.1, 0.15) is 20.3 Å². The molecule has 2 heterocycles. The monoisotopic (exact) mass is 296 g/mol. The van der Waals surface area contributed by atoms with E-state index in [1.54, 1.807) is 13.8 Å². The Labute approximate surface area is 120 Å². The summed E-state index contributed by atoms with van der Waals surface area (Å²) in [5, 5.41) is 4.59. The van der Waals surface area contributed by atoms with E-state index < -0.39 is 35.2 Å². The van der Waals surface area contributed by atoms with E-state index in [1.165, 1.54) is 0 Å². The van der Waals surface area contributed by atoms with E-state index in [0.717, 1.165) is 9.80 Å². The van der Waals surface area contributed by atoms with Crippen LogP contribution in [-0.2, 0) is 19.2 Å². The molecule has 0 aromatic carbocycles. The van der Waals surface area contributed by atoms with Crippen LogP contribution in [0.2, 0.25) is 0 Å². The fourth-order valence-corrected chi connectivity index (χ4v) is 2.20. The number of amides is 6. The molecule has 0 saturated carbocycles. The molecule has 0 radical (unpaired) electrons. The predicted molar refractivity (Wildman–Crippen MR) is 68.7 cm³/mol. The van der Waals surface area contributed by atoms with Gasteiger partial charge in [-0.2, -0.15) is 0 Å². The number of rotatable bonds is 3. The van der Waals surface area contributed by atoms with Crippen LogP contribution < -0.4 is 10.6 Å². The molecule has 0 unspecified atom stereocenters. The van der Waals surface area contributed by atoms with Crippen molar-refractivity contribution in [3.63, 3.8) is 0 Å². The van der Waals surface area contributed by atoms with Crippen LogP contribution in [0.15, 0.2) is 0 Å². The van der Waals surface area contributed by atoms with E-state index in [9.17, 15) is 24.0 Å². The average molecular weight is 296 g/mol. The molecule has 0 aromatic heterocycles. The van der Waals surface area contributed by atoms with Crippen LogP contribution in [0.5, 0.6) is 0 Å². The number of imide groups is 2.